The number of sulfonamides is 1. The van der Waals surface area contributed by atoms with E-state index in [1.807, 2.05) is 26.0 Å². The Morgan fingerprint density at radius 3 is 2.44 bits per heavy atom. The van der Waals surface area contributed by atoms with Crippen LogP contribution >= 0.6 is 0 Å². The Labute approximate surface area is 110 Å². The fourth-order valence-electron chi connectivity index (χ4n) is 1.75. The number of hydrogen-bond acceptors (Lipinski definition) is 3. The van der Waals surface area contributed by atoms with Gasteiger partial charge in [-0.05, 0) is 30.5 Å². The fourth-order valence-corrected chi connectivity index (χ4v) is 3.43. The van der Waals surface area contributed by atoms with Crippen LogP contribution in [0.3, 0.4) is 0 Å². The lowest BCUT2D eigenvalue weighted by atomic mass is 10.2. The van der Waals surface area contributed by atoms with Gasteiger partial charge in [-0.2, -0.15) is 0 Å². The van der Waals surface area contributed by atoms with Crippen LogP contribution in [0.5, 0.6) is 0 Å². The van der Waals surface area contributed by atoms with Crippen LogP contribution in [0, 0.1) is 0 Å². The molecule has 0 saturated heterocycles. The molecule has 0 aliphatic rings. The monoisotopic (exact) mass is 270 g/mol. The van der Waals surface area contributed by atoms with Crippen molar-refractivity contribution in [2.24, 2.45) is 0 Å². The Morgan fingerprint density at radius 1 is 1.22 bits per heavy atom. The molecule has 0 amide bonds. The Morgan fingerprint density at radius 2 is 1.89 bits per heavy atom. The smallest absolute Gasteiger partial charge is 0.214 e. The van der Waals surface area contributed by atoms with Gasteiger partial charge in [-0.15, -0.1) is 0 Å². The van der Waals surface area contributed by atoms with Gasteiger partial charge in [-0.3, -0.25) is 4.98 Å². The molecule has 0 bridgehead atoms. The highest BCUT2D eigenvalue weighted by Gasteiger charge is 2.19. The molecular formula is C13H22N2O2S. The number of rotatable bonds is 8. The Kier molecular flexibility index (Phi) is 6.29. The van der Waals surface area contributed by atoms with Gasteiger partial charge in [0, 0.05) is 25.5 Å². The number of unbranched alkanes of at least 4 members (excludes halogenated alkanes) is 1. The van der Waals surface area contributed by atoms with Gasteiger partial charge in [0.1, 0.15) is 0 Å². The maximum absolute atomic E-state index is 12.1. The van der Waals surface area contributed by atoms with Gasteiger partial charge < -0.3 is 0 Å². The summed E-state index contributed by atoms with van der Waals surface area (Å²) in [7, 11) is -3.09. The van der Waals surface area contributed by atoms with E-state index >= 15 is 0 Å². The maximum atomic E-state index is 12.1. The molecule has 0 aliphatic heterocycles. The van der Waals surface area contributed by atoms with E-state index in [0.717, 1.165) is 24.8 Å². The van der Waals surface area contributed by atoms with Crippen molar-refractivity contribution < 1.29 is 8.42 Å². The molecule has 1 aromatic rings. The van der Waals surface area contributed by atoms with Crippen molar-refractivity contribution in [2.75, 3.05) is 18.8 Å². The first-order valence-electron chi connectivity index (χ1n) is 6.47. The average Bonchev–Trinajstić information content (AvgIpc) is 2.38. The number of pyridine rings is 1. The molecule has 0 atom stereocenters. The zero-order chi connectivity index (χ0) is 13.4. The molecule has 0 spiro atoms. The SMILES string of the molecule is CCCCS(=O)(=O)N(CC)CCc1ccncc1. The normalized spacial score (nSPS) is 11.9. The van der Waals surface area contributed by atoms with Gasteiger partial charge in [0.25, 0.3) is 0 Å². The van der Waals surface area contributed by atoms with Crippen molar-refractivity contribution in [1.82, 2.24) is 9.29 Å². The maximum Gasteiger partial charge on any atom is 0.214 e. The van der Waals surface area contributed by atoms with Gasteiger partial charge in [-0.1, -0.05) is 20.3 Å². The molecule has 4 nitrogen and oxygen atoms in total. The predicted molar refractivity (Wildman–Crippen MR) is 73.9 cm³/mol. The Hall–Kier alpha value is -0.940. The molecule has 1 rings (SSSR count). The van der Waals surface area contributed by atoms with E-state index in [4.69, 9.17) is 0 Å². The lowest BCUT2D eigenvalue weighted by molar-refractivity contribution is 0.430. The predicted octanol–water partition coefficient (Wildman–Crippen LogP) is 2.08. The highest BCUT2D eigenvalue weighted by atomic mass is 32.2. The van der Waals surface area contributed by atoms with Crippen molar-refractivity contribution >= 4 is 10.0 Å². The second kappa shape index (κ2) is 7.48. The van der Waals surface area contributed by atoms with Crippen LogP contribution in [-0.2, 0) is 16.4 Å². The van der Waals surface area contributed by atoms with E-state index in [0.29, 0.717) is 13.1 Å². The molecule has 5 heteroatoms. The van der Waals surface area contributed by atoms with Crippen LogP contribution in [0.15, 0.2) is 24.5 Å². The molecule has 1 aromatic heterocycles. The van der Waals surface area contributed by atoms with Gasteiger partial charge in [0.05, 0.1) is 5.75 Å². The molecule has 0 unspecified atom stereocenters. The molecule has 18 heavy (non-hydrogen) atoms. The van der Waals surface area contributed by atoms with E-state index in [1.165, 1.54) is 0 Å². The summed E-state index contributed by atoms with van der Waals surface area (Å²) in [6, 6.07) is 3.85. The van der Waals surface area contributed by atoms with E-state index in [1.54, 1.807) is 16.7 Å². The van der Waals surface area contributed by atoms with E-state index in [2.05, 4.69) is 4.98 Å². The van der Waals surface area contributed by atoms with Crippen molar-refractivity contribution in [2.45, 2.75) is 33.1 Å². The zero-order valence-corrected chi connectivity index (χ0v) is 12.0. The lowest BCUT2D eigenvalue weighted by Gasteiger charge is -2.20. The van der Waals surface area contributed by atoms with Crippen LogP contribution in [0.2, 0.25) is 0 Å². The summed E-state index contributed by atoms with van der Waals surface area (Å²) in [6.07, 6.45) is 5.84. The fraction of sp³-hybridized carbons (Fsp3) is 0.615. The molecule has 0 aromatic carbocycles. The van der Waals surface area contributed by atoms with E-state index in [-0.39, 0.29) is 5.75 Å². The highest BCUT2D eigenvalue weighted by molar-refractivity contribution is 7.89. The molecule has 0 N–H and O–H groups in total. The van der Waals surface area contributed by atoms with Crippen molar-refractivity contribution in [1.29, 1.82) is 0 Å². The molecular weight excluding hydrogens is 248 g/mol. The number of hydrogen-bond donors (Lipinski definition) is 0. The summed E-state index contributed by atoms with van der Waals surface area (Å²) in [5.41, 5.74) is 1.12. The number of nitrogens with zero attached hydrogens (tertiary/aromatic N) is 2. The second-order valence-corrected chi connectivity index (χ2v) is 6.36. The van der Waals surface area contributed by atoms with Crippen LogP contribution in [0.1, 0.15) is 32.3 Å². The van der Waals surface area contributed by atoms with Crippen molar-refractivity contribution in [3.8, 4) is 0 Å². The Bertz CT molecular complexity index is 432. The minimum absolute atomic E-state index is 0.258. The third kappa shape index (κ3) is 4.74. The highest BCUT2D eigenvalue weighted by Crippen LogP contribution is 2.07. The van der Waals surface area contributed by atoms with Gasteiger partial charge >= 0.3 is 0 Å². The van der Waals surface area contributed by atoms with Gasteiger partial charge in [0.15, 0.2) is 0 Å². The van der Waals surface area contributed by atoms with E-state index < -0.39 is 10.0 Å². The Balaban J connectivity index is 2.57. The average molecular weight is 270 g/mol. The summed E-state index contributed by atoms with van der Waals surface area (Å²) < 4.78 is 25.7. The summed E-state index contributed by atoms with van der Waals surface area (Å²) in [4.78, 5) is 3.95. The molecule has 0 radical (unpaired) electrons. The third-order valence-electron chi connectivity index (χ3n) is 2.90. The first kappa shape index (κ1) is 15.1. The molecule has 0 aliphatic carbocycles. The lowest BCUT2D eigenvalue weighted by Crippen LogP contribution is -2.34. The zero-order valence-electron chi connectivity index (χ0n) is 11.2. The summed E-state index contributed by atoms with van der Waals surface area (Å²) in [6.45, 7) is 4.97. The molecule has 0 saturated carbocycles. The van der Waals surface area contributed by atoms with Crippen LogP contribution < -0.4 is 0 Å². The minimum atomic E-state index is -3.09. The van der Waals surface area contributed by atoms with Crippen LogP contribution in [-0.4, -0.2) is 36.5 Å². The standard InChI is InChI=1S/C13H22N2O2S/c1-3-5-12-18(16,17)15(4-2)11-8-13-6-9-14-10-7-13/h6-7,9-10H,3-5,8,11-12H2,1-2H3. The van der Waals surface area contributed by atoms with Crippen molar-refractivity contribution in [3.63, 3.8) is 0 Å². The quantitative estimate of drug-likeness (QED) is 0.726. The largest absolute Gasteiger partial charge is 0.265 e. The number of likely N-dealkylation sites (N-methyl/N-ethyl adjacent to an activating group) is 1. The molecule has 1 heterocycles. The first-order valence-corrected chi connectivity index (χ1v) is 8.07. The molecule has 0 fully saturated rings. The van der Waals surface area contributed by atoms with Crippen LogP contribution in [0.25, 0.3) is 0 Å². The second-order valence-electron chi connectivity index (χ2n) is 4.27. The summed E-state index contributed by atoms with van der Waals surface area (Å²) in [5.74, 6) is 0.258. The van der Waals surface area contributed by atoms with E-state index in [9.17, 15) is 8.42 Å². The topological polar surface area (TPSA) is 50.3 Å². The van der Waals surface area contributed by atoms with Crippen molar-refractivity contribution in [3.05, 3.63) is 30.1 Å². The molecule has 102 valence electrons. The first-order chi connectivity index (χ1) is 8.60. The number of aromatic nitrogens is 1. The summed E-state index contributed by atoms with van der Waals surface area (Å²) >= 11 is 0. The third-order valence-corrected chi connectivity index (χ3v) is 4.93. The van der Waals surface area contributed by atoms with Gasteiger partial charge in [0.2, 0.25) is 10.0 Å². The summed E-state index contributed by atoms with van der Waals surface area (Å²) in [5, 5.41) is 0. The van der Waals surface area contributed by atoms with Gasteiger partial charge in [-0.25, -0.2) is 12.7 Å². The van der Waals surface area contributed by atoms with Crippen LogP contribution in [0.4, 0.5) is 0 Å². The minimum Gasteiger partial charge on any atom is -0.265 e.